The summed E-state index contributed by atoms with van der Waals surface area (Å²) in [4.78, 5) is 45.4. The van der Waals surface area contributed by atoms with Crippen molar-refractivity contribution in [2.75, 3.05) is 31.1 Å². The molecule has 2 aliphatic heterocycles. The second-order valence-corrected chi connectivity index (χ2v) is 8.55. The summed E-state index contributed by atoms with van der Waals surface area (Å²) in [5.41, 5.74) is 2.23. The monoisotopic (exact) mass is 410 g/mol. The zero-order chi connectivity index (χ0) is 20.9. The summed E-state index contributed by atoms with van der Waals surface area (Å²) >= 11 is 0. The number of imide groups is 1. The van der Waals surface area contributed by atoms with E-state index in [1.165, 1.54) is 0 Å². The van der Waals surface area contributed by atoms with Gasteiger partial charge in [-0.15, -0.1) is 0 Å². The lowest BCUT2D eigenvalue weighted by Crippen LogP contribution is -2.51. The fourth-order valence-corrected chi connectivity index (χ4v) is 4.72. The van der Waals surface area contributed by atoms with Gasteiger partial charge in [0.1, 0.15) is 5.54 Å². The van der Waals surface area contributed by atoms with Crippen molar-refractivity contribution in [1.82, 2.24) is 25.1 Å². The molecule has 2 N–H and O–H groups in total. The average Bonchev–Trinajstić information content (AvgIpc) is 3.48. The van der Waals surface area contributed by atoms with E-state index in [0.717, 1.165) is 42.7 Å². The van der Waals surface area contributed by atoms with E-state index in [4.69, 9.17) is 0 Å². The molecule has 1 atom stereocenters. The molecule has 0 bridgehead atoms. The van der Waals surface area contributed by atoms with Gasteiger partial charge in [0.25, 0.3) is 5.91 Å². The Labute approximate surface area is 174 Å². The normalized spacial score (nSPS) is 24.3. The molecule has 2 aromatic rings. The van der Waals surface area contributed by atoms with E-state index >= 15 is 0 Å². The maximum atomic E-state index is 12.8. The highest BCUT2D eigenvalue weighted by Crippen LogP contribution is 2.43. The number of urea groups is 1. The van der Waals surface area contributed by atoms with E-state index in [1.807, 2.05) is 30.4 Å². The van der Waals surface area contributed by atoms with Gasteiger partial charge in [0.2, 0.25) is 5.91 Å². The van der Waals surface area contributed by atoms with Gasteiger partial charge in [-0.05, 0) is 37.3 Å². The number of fused-ring (bicyclic) bond motifs is 1. The molecule has 5 rings (SSSR count). The number of anilines is 1. The molecular formula is C21H26N6O3. The van der Waals surface area contributed by atoms with Crippen LogP contribution in [0, 0.1) is 5.92 Å². The first-order chi connectivity index (χ1) is 14.5. The lowest BCUT2D eigenvalue weighted by molar-refractivity contribution is -0.132. The van der Waals surface area contributed by atoms with E-state index in [-0.39, 0.29) is 24.2 Å². The third kappa shape index (κ3) is 3.18. The number of rotatable bonds is 5. The SMILES string of the molecule is Cn1ccc2ncc(N3CCN(C(=O)CCC4(C5CC5)NC(=O)NC4=O)CC3)cc21. The molecule has 158 valence electrons. The van der Waals surface area contributed by atoms with E-state index in [0.29, 0.717) is 19.5 Å². The number of hydrogen-bond acceptors (Lipinski definition) is 5. The smallest absolute Gasteiger partial charge is 0.322 e. The fourth-order valence-electron chi connectivity index (χ4n) is 4.72. The molecular weight excluding hydrogens is 384 g/mol. The molecule has 0 aromatic carbocycles. The molecule has 2 saturated heterocycles. The molecule has 1 unspecified atom stereocenters. The van der Waals surface area contributed by atoms with Crippen molar-refractivity contribution < 1.29 is 14.4 Å². The van der Waals surface area contributed by atoms with Crippen LogP contribution in [0.3, 0.4) is 0 Å². The fraction of sp³-hybridized carbons (Fsp3) is 0.524. The summed E-state index contributed by atoms with van der Waals surface area (Å²) in [5, 5.41) is 5.14. The number of aryl methyl sites for hydroxylation is 1. The number of carbonyl (C=O) groups excluding carboxylic acids is 3. The van der Waals surface area contributed by atoms with Crippen molar-refractivity contribution in [3.05, 3.63) is 24.5 Å². The van der Waals surface area contributed by atoms with Gasteiger partial charge in [0.15, 0.2) is 0 Å². The predicted octanol–water partition coefficient (Wildman–Crippen LogP) is 0.990. The van der Waals surface area contributed by atoms with Crippen molar-refractivity contribution in [2.24, 2.45) is 13.0 Å². The predicted molar refractivity (Wildman–Crippen MR) is 111 cm³/mol. The first-order valence-corrected chi connectivity index (χ1v) is 10.5. The Bertz CT molecular complexity index is 1020. The van der Waals surface area contributed by atoms with Crippen LogP contribution in [0.4, 0.5) is 10.5 Å². The molecule has 3 fully saturated rings. The van der Waals surface area contributed by atoms with Crippen molar-refractivity contribution in [3.63, 3.8) is 0 Å². The minimum Gasteiger partial charge on any atom is -0.367 e. The summed E-state index contributed by atoms with van der Waals surface area (Å²) in [6.07, 6.45) is 6.35. The Morgan fingerprint density at radius 3 is 2.67 bits per heavy atom. The summed E-state index contributed by atoms with van der Waals surface area (Å²) in [5.74, 6) is -0.0932. The van der Waals surface area contributed by atoms with Gasteiger partial charge in [0.05, 0.1) is 22.9 Å². The third-order valence-electron chi connectivity index (χ3n) is 6.69. The van der Waals surface area contributed by atoms with Crippen LogP contribution in [0.1, 0.15) is 25.7 Å². The Kier molecular flexibility index (Phi) is 4.41. The van der Waals surface area contributed by atoms with E-state index in [9.17, 15) is 14.4 Å². The second kappa shape index (κ2) is 7.00. The van der Waals surface area contributed by atoms with Crippen LogP contribution >= 0.6 is 0 Å². The second-order valence-electron chi connectivity index (χ2n) is 8.55. The molecule has 0 spiro atoms. The third-order valence-corrected chi connectivity index (χ3v) is 6.69. The van der Waals surface area contributed by atoms with Crippen molar-refractivity contribution in [3.8, 4) is 0 Å². The number of piperazine rings is 1. The van der Waals surface area contributed by atoms with Gasteiger partial charge < -0.3 is 19.7 Å². The molecule has 3 aliphatic rings. The van der Waals surface area contributed by atoms with Crippen molar-refractivity contribution in [1.29, 1.82) is 0 Å². The van der Waals surface area contributed by atoms with E-state index in [2.05, 4.69) is 31.2 Å². The lowest BCUT2D eigenvalue weighted by Gasteiger charge is -2.36. The Balaban J connectivity index is 1.19. The molecule has 1 aliphatic carbocycles. The summed E-state index contributed by atoms with van der Waals surface area (Å²) in [7, 11) is 2.01. The summed E-state index contributed by atoms with van der Waals surface area (Å²) < 4.78 is 2.05. The van der Waals surface area contributed by atoms with Crippen LogP contribution in [-0.4, -0.2) is 64.0 Å². The van der Waals surface area contributed by atoms with Gasteiger partial charge in [0, 0.05) is 45.8 Å². The molecule has 30 heavy (non-hydrogen) atoms. The molecule has 4 heterocycles. The van der Waals surface area contributed by atoms with Crippen LogP contribution < -0.4 is 15.5 Å². The van der Waals surface area contributed by atoms with E-state index < -0.39 is 11.6 Å². The number of carbonyl (C=O) groups is 3. The molecule has 2 aromatic heterocycles. The standard InChI is InChI=1S/C21H26N6O3/c1-25-7-5-16-17(25)12-15(13-22-16)26-8-10-27(11-9-26)18(28)4-6-21(14-2-3-14)19(29)23-20(30)24-21/h5,7,12-14H,2-4,6,8-11H2,1H3,(H2,23,24,29,30). The molecule has 9 nitrogen and oxygen atoms in total. The van der Waals surface area contributed by atoms with Crippen LogP contribution in [0.2, 0.25) is 0 Å². The number of nitrogens with zero attached hydrogens (tertiary/aromatic N) is 4. The van der Waals surface area contributed by atoms with E-state index in [1.54, 1.807) is 0 Å². The summed E-state index contributed by atoms with van der Waals surface area (Å²) in [6, 6.07) is 3.69. The van der Waals surface area contributed by atoms with Crippen LogP contribution in [0.25, 0.3) is 11.0 Å². The van der Waals surface area contributed by atoms with Gasteiger partial charge in [-0.3, -0.25) is 19.9 Å². The maximum Gasteiger partial charge on any atom is 0.322 e. The number of pyridine rings is 1. The summed E-state index contributed by atoms with van der Waals surface area (Å²) in [6.45, 7) is 2.76. The highest BCUT2D eigenvalue weighted by atomic mass is 16.2. The number of nitrogens with one attached hydrogen (secondary N) is 2. The Morgan fingerprint density at radius 1 is 1.23 bits per heavy atom. The van der Waals surface area contributed by atoms with Crippen LogP contribution in [-0.2, 0) is 16.6 Å². The van der Waals surface area contributed by atoms with Crippen LogP contribution in [0.15, 0.2) is 24.5 Å². The maximum absolute atomic E-state index is 12.8. The van der Waals surface area contributed by atoms with Gasteiger partial charge in [-0.25, -0.2) is 4.79 Å². The zero-order valence-electron chi connectivity index (χ0n) is 17.1. The lowest BCUT2D eigenvalue weighted by atomic mass is 9.87. The highest BCUT2D eigenvalue weighted by Gasteiger charge is 2.55. The molecule has 1 saturated carbocycles. The minimum atomic E-state index is -0.898. The minimum absolute atomic E-state index is 0.0413. The van der Waals surface area contributed by atoms with Crippen molar-refractivity contribution in [2.45, 2.75) is 31.2 Å². The Hall–Kier alpha value is -3.10. The topological polar surface area (TPSA) is 99.6 Å². The highest BCUT2D eigenvalue weighted by molar-refractivity contribution is 6.07. The number of hydrogen-bond donors (Lipinski definition) is 2. The molecule has 0 radical (unpaired) electrons. The zero-order valence-corrected chi connectivity index (χ0v) is 17.1. The van der Waals surface area contributed by atoms with Crippen molar-refractivity contribution >= 4 is 34.6 Å². The van der Waals surface area contributed by atoms with Crippen LogP contribution in [0.5, 0.6) is 0 Å². The quantitative estimate of drug-likeness (QED) is 0.716. The first kappa shape index (κ1) is 18.9. The molecule has 4 amide bonds. The Morgan fingerprint density at radius 2 is 2.00 bits per heavy atom. The van der Waals surface area contributed by atoms with Gasteiger partial charge in [-0.2, -0.15) is 0 Å². The van der Waals surface area contributed by atoms with Gasteiger partial charge in [-0.1, -0.05) is 0 Å². The average molecular weight is 410 g/mol. The first-order valence-electron chi connectivity index (χ1n) is 10.5. The number of aromatic nitrogens is 2. The van der Waals surface area contributed by atoms with Gasteiger partial charge >= 0.3 is 6.03 Å². The largest absolute Gasteiger partial charge is 0.367 e. The number of amides is 4. The molecule has 9 heteroatoms.